The molecule has 2 N–H and O–H groups in total. The molecule has 0 spiro atoms. The van der Waals surface area contributed by atoms with Crippen LogP contribution in [0.25, 0.3) is 0 Å². The van der Waals surface area contributed by atoms with Crippen LogP contribution in [0, 0.1) is 0 Å². The summed E-state index contributed by atoms with van der Waals surface area (Å²) in [6.45, 7) is 0. The number of nitrogens with one attached hydrogen (secondary N) is 1. The Morgan fingerprint density at radius 1 is 1.21 bits per heavy atom. The van der Waals surface area contributed by atoms with Crippen molar-refractivity contribution in [1.29, 1.82) is 0 Å². The number of carboxylic acid groups (broad SMARTS) is 1. The SMILES string of the molecule is O=C(O)CCc1ccc(NS(=O)(=O)C(F)(F)F)cc1. The molecule has 1 aromatic carbocycles. The fourth-order valence-corrected chi connectivity index (χ4v) is 1.77. The molecule has 0 saturated carbocycles. The first-order valence-electron chi connectivity index (χ1n) is 5.01. The standard InChI is InChI=1S/C10H10F3NO4S/c11-10(12,13)19(17,18)14-8-4-1-7(2-5-8)3-6-9(15)16/h1-2,4-5,14H,3,6H2,(H,15,16). The van der Waals surface area contributed by atoms with Crippen LogP contribution in [-0.4, -0.2) is 25.0 Å². The Hall–Kier alpha value is -1.77. The number of anilines is 1. The third-order valence-corrected chi connectivity index (χ3v) is 3.25. The Balaban J connectivity index is 2.75. The van der Waals surface area contributed by atoms with E-state index in [-0.39, 0.29) is 18.5 Å². The number of hydrogen-bond donors (Lipinski definition) is 2. The number of alkyl halides is 3. The van der Waals surface area contributed by atoms with Gasteiger partial charge in [-0.15, -0.1) is 0 Å². The Morgan fingerprint density at radius 3 is 2.16 bits per heavy atom. The molecule has 19 heavy (non-hydrogen) atoms. The van der Waals surface area contributed by atoms with Crippen LogP contribution in [0.1, 0.15) is 12.0 Å². The summed E-state index contributed by atoms with van der Waals surface area (Å²) in [4.78, 5) is 10.3. The second-order valence-electron chi connectivity index (χ2n) is 3.64. The molecule has 0 radical (unpaired) electrons. The van der Waals surface area contributed by atoms with Gasteiger partial charge in [-0.3, -0.25) is 9.52 Å². The molecule has 0 atom stereocenters. The van der Waals surface area contributed by atoms with Crippen molar-refractivity contribution < 1.29 is 31.5 Å². The zero-order chi connectivity index (χ0) is 14.7. The minimum atomic E-state index is -5.43. The van der Waals surface area contributed by atoms with E-state index in [1.807, 2.05) is 0 Å². The van der Waals surface area contributed by atoms with Gasteiger partial charge in [0, 0.05) is 12.1 Å². The van der Waals surface area contributed by atoms with E-state index < -0.39 is 21.5 Å². The third-order valence-electron chi connectivity index (χ3n) is 2.14. The van der Waals surface area contributed by atoms with E-state index >= 15 is 0 Å². The summed E-state index contributed by atoms with van der Waals surface area (Å²) in [5, 5.41) is 8.46. The van der Waals surface area contributed by atoms with Gasteiger partial charge in [-0.05, 0) is 24.1 Å². The highest BCUT2D eigenvalue weighted by Crippen LogP contribution is 2.25. The van der Waals surface area contributed by atoms with E-state index in [0.717, 1.165) is 12.1 Å². The summed E-state index contributed by atoms with van der Waals surface area (Å²) in [6.07, 6.45) is 0.0925. The average molecular weight is 297 g/mol. The lowest BCUT2D eigenvalue weighted by atomic mass is 10.1. The second-order valence-corrected chi connectivity index (χ2v) is 5.32. The minimum Gasteiger partial charge on any atom is -0.481 e. The molecule has 0 unspecified atom stereocenters. The van der Waals surface area contributed by atoms with Gasteiger partial charge < -0.3 is 5.11 Å². The van der Waals surface area contributed by atoms with Gasteiger partial charge in [0.25, 0.3) is 0 Å². The Labute approximate surface area is 107 Å². The fraction of sp³-hybridized carbons (Fsp3) is 0.300. The molecule has 106 valence electrons. The molecule has 0 aromatic heterocycles. The zero-order valence-corrected chi connectivity index (χ0v) is 10.3. The summed E-state index contributed by atoms with van der Waals surface area (Å²) in [5.41, 5.74) is -5.04. The molecule has 0 saturated heterocycles. The van der Waals surface area contributed by atoms with Gasteiger partial charge in [0.05, 0.1) is 0 Å². The van der Waals surface area contributed by atoms with Crippen LogP contribution in [0.15, 0.2) is 24.3 Å². The molecule has 0 aliphatic rings. The van der Waals surface area contributed by atoms with Crippen molar-refractivity contribution in [3.05, 3.63) is 29.8 Å². The van der Waals surface area contributed by atoms with E-state index in [9.17, 15) is 26.4 Å². The third kappa shape index (κ3) is 4.43. The first-order chi connectivity index (χ1) is 8.62. The van der Waals surface area contributed by atoms with Crippen molar-refractivity contribution in [2.75, 3.05) is 4.72 Å². The molecule has 0 aliphatic carbocycles. The maximum Gasteiger partial charge on any atom is 0.516 e. The molecule has 9 heteroatoms. The summed E-state index contributed by atoms with van der Waals surface area (Å²) in [7, 11) is -5.43. The van der Waals surface area contributed by atoms with E-state index in [4.69, 9.17) is 5.11 Å². The number of carboxylic acids is 1. The predicted molar refractivity (Wildman–Crippen MR) is 61.0 cm³/mol. The molecular weight excluding hydrogens is 287 g/mol. The number of aliphatic carboxylic acids is 1. The summed E-state index contributed by atoms with van der Waals surface area (Å²) in [5.74, 6) is -0.998. The largest absolute Gasteiger partial charge is 0.516 e. The van der Waals surface area contributed by atoms with Crippen LogP contribution >= 0.6 is 0 Å². The molecule has 0 aliphatic heterocycles. The number of benzene rings is 1. The molecule has 1 rings (SSSR count). The van der Waals surface area contributed by atoms with E-state index in [1.54, 1.807) is 0 Å². The topological polar surface area (TPSA) is 83.5 Å². The van der Waals surface area contributed by atoms with Crippen molar-refractivity contribution in [3.63, 3.8) is 0 Å². The number of rotatable bonds is 5. The van der Waals surface area contributed by atoms with E-state index in [1.165, 1.54) is 16.9 Å². The van der Waals surface area contributed by atoms with Gasteiger partial charge in [0.1, 0.15) is 0 Å². The molecule has 0 amide bonds. The molecule has 5 nitrogen and oxygen atoms in total. The summed E-state index contributed by atoms with van der Waals surface area (Å²) in [6, 6.07) is 5.00. The first-order valence-corrected chi connectivity index (χ1v) is 6.50. The van der Waals surface area contributed by atoms with E-state index in [2.05, 4.69) is 0 Å². The lowest BCUT2D eigenvalue weighted by Gasteiger charge is -2.10. The number of hydrogen-bond acceptors (Lipinski definition) is 3. The number of aryl methyl sites for hydroxylation is 1. The highest BCUT2D eigenvalue weighted by Gasteiger charge is 2.45. The molecule has 0 heterocycles. The maximum absolute atomic E-state index is 12.1. The lowest BCUT2D eigenvalue weighted by molar-refractivity contribution is -0.136. The van der Waals surface area contributed by atoms with Crippen LogP contribution in [0.2, 0.25) is 0 Å². The lowest BCUT2D eigenvalue weighted by Crippen LogP contribution is -2.29. The van der Waals surface area contributed by atoms with E-state index in [0.29, 0.717) is 5.56 Å². The van der Waals surface area contributed by atoms with Crippen LogP contribution < -0.4 is 4.72 Å². The van der Waals surface area contributed by atoms with Gasteiger partial charge in [-0.25, -0.2) is 0 Å². The highest BCUT2D eigenvalue weighted by molar-refractivity contribution is 7.93. The Morgan fingerprint density at radius 2 is 1.74 bits per heavy atom. The fourth-order valence-electron chi connectivity index (χ4n) is 1.20. The molecule has 1 aromatic rings. The monoisotopic (exact) mass is 297 g/mol. The normalized spacial score (nSPS) is 12.2. The molecule has 0 bridgehead atoms. The number of halogens is 3. The number of carbonyl (C=O) groups is 1. The minimum absolute atomic E-state index is 0.117. The average Bonchev–Trinajstić information content (AvgIpc) is 2.26. The van der Waals surface area contributed by atoms with Crippen molar-refractivity contribution in [1.82, 2.24) is 0 Å². The quantitative estimate of drug-likeness (QED) is 0.870. The van der Waals surface area contributed by atoms with Crippen LogP contribution in [0.3, 0.4) is 0 Å². The summed E-state index contributed by atoms with van der Waals surface area (Å²) < 4.78 is 59.3. The van der Waals surface area contributed by atoms with Gasteiger partial charge in [-0.1, -0.05) is 12.1 Å². The van der Waals surface area contributed by atoms with Crippen molar-refractivity contribution in [2.24, 2.45) is 0 Å². The van der Waals surface area contributed by atoms with Gasteiger partial charge in [0.15, 0.2) is 0 Å². The molecule has 0 fully saturated rings. The van der Waals surface area contributed by atoms with Crippen molar-refractivity contribution in [2.45, 2.75) is 18.3 Å². The Bertz CT molecular complexity index is 551. The van der Waals surface area contributed by atoms with Gasteiger partial charge in [0.2, 0.25) is 0 Å². The van der Waals surface area contributed by atoms with Gasteiger partial charge >= 0.3 is 21.5 Å². The van der Waals surface area contributed by atoms with Crippen molar-refractivity contribution >= 4 is 21.7 Å². The highest BCUT2D eigenvalue weighted by atomic mass is 32.2. The smallest absolute Gasteiger partial charge is 0.481 e. The Kier molecular flexibility index (Phi) is 4.40. The van der Waals surface area contributed by atoms with Crippen LogP contribution in [-0.2, 0) is 21.2 Å². The number of sulfonamides is 1. The zero-order valence-electron chi connectivity index (χ0n) is 9.44. The van der Waals surface area contributed by atoms with Crippen LogP contribution in [0.5, 0.6) is 0 Å². The first kappa shape index (κ1) is 15.3. The molecular formula is C10H10F3NO4S. The summed E-state index contributed by atoms with van der Waals surface area (Å²) >= 11 is 0. The predicted octanol–water partition coefficient (Wildman–Crippen LogP) is 1.97. The van der Waals surface area contributed by atoms with Crippen LogP contribution in [0.4, 0.5) is 18.9 Å². The van der Waals surface area contributed by atoms with Gasteiger partial charge in [-0.2, -0.15) is 21.6 Å². The second kappa shape index (κ2) is 5.47. The maximum atomic E-state index is 12.1. The van der Waals surface area contributed by atoms with Crippen molar-refractivity contribution in [3.8, 4) is 0 Å².